The Kier molecular flexibility index (Phi) is 4.97. The molecule has 20 heavy (non-hydrogen) atoms. The van der Waals surface area contributed by atoms with Gasteiger partial charge >= 0.3 is 5.97 Å². The van der Waals surface area contributed by atoms with Crippen molar-refractivity contribution < 1.29 is 18.4 Å². The van der Waals surface area contributed by atoms with Crippen LogP contribution < -0.4 is 0 Å². The van der Waals surface area contributed by atoms with Gasteiger partial charge in [0.2, 0.25) is 0 Å². The molecule has 0 bridgehead atoms. The number of ketones is 1. The molecular weight excluding hydrogens is 252 g/mol. The topological polar surface area (TPSA) is 43.4 Å². The average molecular weight is 281 g/mol. The lowest BCUT2D eigenvalue weighted by atomic mass is 9.83. The summed E-state index contributed by atoms with van der Waals surface area (Å²) < 4.78 is 26.7. The molecule has 112 valence electrons. The van der Waals surface area contributed by atoms with Crippen molar-refractivity contribution in [3.8, 4) is 0 Å². The van der Waals surface area contributed by atoms with Gasteiger partial charge in [-0.3, -0.25) is 9.59 Å². The second-order valence-electron chi connectivity index (χ2n) is 5.58. The summed E-state index contributed by atoms with van der Waals surface area (Å²) in [4.78, 5) is 23.5. The summed E-state index contributed by atoms with van der Waals surface area (Å²) in [5.41, 5.74) is 0. The van der Waals surface area contributed by atoms with Crippen LogP contribution in [-0.2, 0) is 14.3 Å². The number of ether oxygens (including phenoxy) is 1. The molecular formula is C17H26O3. The lowest BCUT2D eigenvalue weighted by Gasteiger charge is -2.30. The first kappa shape index (κ1) is 12.4. The molecule has 0 heterocycles. The first-order chi connectivity index (χ1) is 10.6. The fraction of sp³-hybridized carbons (Fsp3) is 0.647. The molecule has 1 aliphatic carbocycles. The molecule has 3 nitrogen and oxygen atoms in total. The average Bonchev–Trinajstić information content (AvgIpc) is 2.73. The van der Waals surface area contributed by atoms with Gasteiger partial charge in [-0.15, -0.1) is 0 Å². The number of esters is 1. The maximum Gasteiger partial charge on any atom is 0.302 e. The third-order valence-electron chi connectivity index (χ3n) is 3.90. The number of Topliss-reactive ketones (excluding diaryl/α,β-unsaturated/α-hetero) is 1. The Balaban J connectivity index is 2.71. The van der Waals surface area contributed by atoms with Gasteiger partial charge in [-0.1, -0.05) is 38.2 Å². The van der Waals surface area contributed by atoms with E-state index in [0.717, 1.165) is 12.5 Å². The minimum atomic E-state index is -2.08. The smallest absolute Gasteiger partial charge is 0.302 e. The van der Waals surface area contributed by atoms with E-state index in [2.05, 4.69) is 0 Å². The van der Waals surface area contributed by atoms with Crippen LogP contribution in [0.25, 0.3) is 0 Å². The summed E-state index contributed by atoms with van der Waals surface area (Å²) in [6, 6.07) is 0. The Morgan fingerprint density at radius 1 is 1.55 bits per heavy atom. The van der Waals surface area contributed by atoms with Gasteiger partial charge in [-0.25, -0.2) is 0 Å². The fourth-order valence-corrected chi connectivity index (χ4v) is 2.84. The van der Waals surface area contributed by atoms with Crippen LogP contribution in [0, 0.1) is 17.8 Å². The Hall–Kier alpha value is -1.38. The van der Waals surface area contributed by atoms with Gasteiger partial charge in [0.25, 0.3) is 0 Å². The summed E-state index contributed by atoms with van der Waals surface area (Å²) in [7, 11) is 0. The molecule has 0 aromatic heterocycles. The molecule has 0 radical (unpaired) electrons. The molecule has 0 amide bonds. The predicted molar refractivity (Wildman–Crippen MR) is 80.2 cm³/mol. The lowest BCUT2D eigenvalue weighted by molar-refractivity contribution is -0.154. The molecule has 0 aliphatic heterocycles. The first-order valence-electron chi connectivity index (χ1n) is 8.66. The fourth-order valence-electron chi connectivity index (χ4n) is 2.84. The van der Waals surface area contributed by atoms with Crippen LogP contribution in [0.3, 0.4) is 0 Å². The third-order valence-corrected chi connectivity index (χ3v) is 3.90. The zero-order chi connectivity index (χ0) is 17.6. The van der Waals surface area contributed by atoms with Gasteiger partial charge in [-0.05, 0) is 31.5 Å². The Morgan fingerprint density at radius 2 is 2.30 bits per heavy atom. The SMILES string of the molecule is [2H]C([2H])([2H])/C=C/C=CC[C@@H](C)[C@@H](OC(C)=O)[C@H]1C(=O)CCC1C. The highest BCUT2D eigenvalue weighted by Crippen LogP contribution is 2.36. The van der Waals surface area contributed by atoms with Crippen LogP contribution in [0.1, 0.15) is 51.0 Å². The molecule has 4 atom stereocenters. The van der Waals surface area contributed by atoms with Gasteiger partial charge in [0.15, 0.2) is 0 Å². The molecule has 0 saturated heterocycles. The van der Waals surface area contributed by atoms with E-state index < -0.39 is 13.0 Å². The van der Waals surface area contributed by atoms with Crippen molar-refractivity contribution in [3.05, 3.63) is 24.3 Å². The van der Waals surface area contributed by atoms with Gasteiger partial charge in [0.05, 0.1) is 5.92 Å². The van der Waals surface area contributed by atoms with Crippen molar-refractivity contribution >= 4 is 11.8 Å². The molecule has 1 unspecified atom stereocenters. The van der Waals surface area contributed by atoms with Crippen LogP contribution in [-0.4, -0.2) is 17.9 Å². The minimum absolute atomic E-state index is 0.00851. The number of carbonyl (C=O) groups excluding carboxylic acids is 2. The highest BCUT2D eigenvalue weighted by atomic mass is 16.5. The van der Waals surface area contributed by atoms with E-state index in [1.165, 1.54) is 13.0 Å². The highest BCUT2D eigenvalue weighted by molar-refractivity contribution is 5.84. The number of hydrogen-bond donors (Lipinski definition) is 0. The van der Waals surface area contributed by atoms with Gasteiger partial charge < -0.3 is 4.74 Å². The van der Waals surface area contributed by atoms with E-state index in [0.29, 0.717) is 12.8 Å². The second kappa shape index (κ2) is 8.03. The summed E-state index contributed by atoms with van der Waals surface area (Å²) >= 11 is 0. The highest BCUT2D eigenvalue weighted by Gasteiger charge is 2.41. The summed E-state index contributed by atoms with van der Waals surface area (Å²) in [5, 5.41) is 0. The molecule has 1 fully saturated rings. The van der Waals surface area contributed by atoms with Crippen LogP contribution in [0.4, 0.5) is 0 Å². The van der Waals surface area contributed by atoms with Crippen molar-refractivity contribution in [3.63, 3.8) is 0 Å². The molecule has 0 N–H and O–H groups in total. The van der Waals surface area contributed by atoms with E-state index in [-0.39, 0.29) is 29.5 Å². The van der Waals surface area contributed by atoms with Gasteiger partial charge in [-0.2, -0.15) is 0 Å². The number of rotatable bonds is 6. The summed E-state index contributed by atoms with van der Waals surface area (Å²) in [5.74, 6) is -0.235. The van der Waals surface area contributed by atoms with Crippen LogP contribution in [0.2, 0.25) is 0 Å². The van der Waals surface area contributed by atoms with Crippen LogP contribution >= 0.6 is 0 Å². The third kappa shape index (κ3) is 4.62. The molecule has 1 rings (SSSR count). The molecule has 0 aromatic carbocycles. The zero-order valence-electron chi connectivity index (χ0n) is 15.5. The lowest BCUT2D eigenvalue weighted by Crippen LogP contribution is -2.37. The van der Waals surface area contributed by atoms with Crippen LogP contribution in [0.15, 0.2) is 24.3 Å². The zero-order valence-corrected chi connectivity index (χ0v) is 12.5. The first-order valence-corrected chi connectivity index (χ1v) is 7.16. The van der Waals surface area contributed by atoms with E-state index in [1.807, 2.05) is 19.9 Å². The minimum Gasteiger partial charge on any atom is -0.461 e. The Labute approximate surface area is 126 Å². The second-order valence-corrected chi connectivity index (χ2v) is 5.58. The van der Waals surface area contributed by atoms with Crippen molar-refractivity contribution in [2.24, 2.45) is 17.8 Å². The van der Waals surface area contributed by atoms with Crippen molar-refractivity contribution in [2.75, 3.05) is 0 Å². The molecule has 0 aromatic rings. The Bertz CT molecular complexity index is 480. The van der Waals surface area contributed by atoms with E-state index in [9.17, 15) is 9.59 Å². The largest absolute Gasteiger partial charge is 0.461 e. The maximum absolute atomic E-state index is 12.1. The van der Waals surface area contributed by atoms with E-state index in [4.69, 9.17) is 8.85 Å². The normalized spacial score (nSPS) is 29.1. The number of hydrogen-bond acceptors (Lipinski definition) is 3. The maximum atomic E-state index is 12.1. The quantitative estimate of drug-likeness (QED) is 0.551. The molecule has 3 heteroatoms. The number of allylic oxidation sites excluding steroid dienone is 4. The summed E-state index contributed by atoms with van der Waals surface area (Å²) in [6.07, 6.45) is 7.73. The predicted octanol–water partition coefficient (Wildman–Crippen LogP) is 3.69. The molecule has 1 saturated carbocycles. The monoisotopic (exact) mass is 281 g/mol. The van der Waals surface area contributed by atoms with E-state index >= 15 is 0 Å². The summed E-state index contributed by atoms with van der Waals surface area (Å²) in [6.45, 7) is 3.25. The molecule has 1 aliphatic rings. The van der Waals surface area contributed by atoms with Crippen molar-refractivity contribution in [2.45, 2.75) is 53.0 Å². The Morgan fingerprint density at radius 3 is 2.85 bits per heavy atom. The van der Waals surface area contributed by atoms with E-state index in [1.54, 1.807) is 6.08 Å². The van der Waals surface area contributed by atoms with Crippen molar-refractivity contribution in [1.82, 2.24) is 0 Å². The van der Waals surface area contributed by atoms with Gasteiger partial charge in [0.1, 0.15) is 11.9 Å². The molecule has 0 spiro atoms. The van der Waals surface area contributed by atoms with Gasteiger partial charge in [0, 0.05) is 17.5 Å². The van der Waals surface area contributed by atoms with Crippen molar-refractivity contribution in [1.29, 1.82) is 0 Å². The number of carbonyl (C=O) groups is 2. The standard InChI is InChI=1S/C17H26O3/c1-5-6-7-8-9-13(3)17(20-14(4)18)16-12(2)10-11-15(16)19/h5-8,12-13,16-17H,9-11H2,1-4H3/b6-5+,8-7?/t12?,13-,16-,17-/m1/s1/i1D3. The van der Waals surface area contributed by atoms with Crippen LogP contribution in [0.5, 0.6) is 0 Å².